The van der Waals surface area contributed by atoms with Gasteiger partial charge in [0, 0.05) is 17.1 Å². The van der Waals surface area contributed by atoms with Gasteiger partial charge in [-0.05, 0) is 23.6 Å². The van der Waals surface area contributed by atoms with Crippen LogP contribution in [-0.2, 0) is 12.3 Å². The average molecular weight is 403 g/mol. The Kier molecular flexibility index (Phi) is 5.23. The number of thiazole rings is 1. The number of thiophene rings is 1. The van der Waals surface area contributed by atoms with Crippen LogP contribution in [0.4, 0.5) is 0 Å². The lowest BCUT2D eigenvalue weighted by Gasteiger charge is -2.10. The molecule has 26 heavy (non-hydrogen) atoms. The quantitative estimate of drug-likeness (QED) is 0.381. The molecular weight excluding hydrogens is 384 g/mol. The van der Waals surface area contributed by atoms with Gasteiger partial charge in [0.15, 0.2) is 5.16 Å². The third kappa shape index (κ3) is 3.77. The third-order valence-corrected chi connectivity index (χ3v) is 6.72. The van der Waals surface area contributed by atoms with Crippen molar-refractivity contribution < 1.29 is 4.42 Å². The summed E-state index contributed by atoms with van der Waals surface area (Å²) in [6, 6.07) is 8.05. The zero-order chi connectivity index (χ0) is 17.9. The molecule has 0 fully saturated rings. The second-order valence-corrected chi connectivity index (χ2v) is 8.82. The predicted octanol–water partition coefficient (Wildman–Crippen LogP) is 5.52. The molecule has 0 unspecified atom stereocenters. The van der Waals surface area contributed by atoms with E-state index < -0.39 is 0 Å². The average Bonchev–Trinajstić information content (AvgIpc) is 3.40. The molecule has 0 amide bonds. The molecule has 0 spiro atoms. The summed E-state index contributed by atoms with van der Waals surface area (Å²) < 4.78 is 7.65. The first kappa shape index (κ1) is 17.5. The van der Waals surface area contributed by atoms with E-state index in [0.29, 0.717) is 12.5 Å². The number of aromatic nitrogens is 4. The van der Waals surface area contributed by atoms with Crippen LogP contribution in [0.25, 0.3) is 9.88 Å². The number of furan rings is 1. The van der Waals surface area contributed by atoms with Gasteiger partial charge in [-0.25, -0.2) is 4.98 Å². The Bertz CT molecular complexity index is 955. The Morgan fingerprint density at radius 1 is 1.19 bits per heavy atom. The number of hydrogen-bond donors (Lipinski definition) is 0. The van der Waals surface area contributed by atoms with E-state index >= 15 is 0 Å². The molecule has 5 nitrogen and oxygen atoms in total. The first-order chi connectivity index (χ1) is 12.7. The SMILES string of the molecule is CC(C)c1nnc(SCc2csc(-c3cccs3)n2)n1Cc1ccco1. The Balaban J connectivity index is 1.51. The maximum absolute atomic E-state index is 5.51. The van der Waals surface area contributed by atoms with Gasteiger partial charge in [-0.2, -0.15) is 0 Å². The summed E-state index contributed by atoms with van der Waals surface area (Å²) in [5.41, 5.74) is 1.07. The summed E-state index contributed by atoms with van der Waals surface area (Å²) in [6.07, 6.45) is 1.70. The Labute approximate surface area is 164 Å². The molecule has 4 aromatic rings. The molecule has 0 aliphatic carbocycles. The smallest absolute Gasteiger partial charge is 0.192 e. The van der Waals surface area contributed by atoms with E-state index in [4.69, 9.17) is 9.40 Å². The van der Waals surface area contributed by atoms with E-state index in [9.17, 15) is 0 Å². The monoisotopic (exact) mass is 402 g/mol. The van der Waals surface area contributed by atoms with Crippen LogP contribution < -0.4 is 0 Å². The van der Waals surface area contributed by atoms with Crippen molar-refractivity contribution in [2.24, 2.45) is 0 Å². The van der Waals surface area contributed by atoms with Crippen LogP contribution in [0.15, 0.2) is 50.9 Å². The molecule has 0 N–H and O–H groups in total. The highest BCUT2D eigenvalue weighted by atomic mass is 32.2. The van der Waals surface area contributed by atoms with Crippen LogP contribution in [-0.4, -0.2) is 19.7 Å². The fourth-order valence-electron chi connectivity index (χ4n) is 2.57. The molecule has 0 atom stereocenters. The highest BCUT2D eigenvalue weighted by molar-refractivity contribution is 7.98. The summed E-state index contributed by atoms with van der Waals surface area (Å²) >= 11 is 5.07. The Morgan fingerprint density at radius 2 is 2.12 bits per heavy atom. The minimum Gasteiger partial charge on any atom is -0.467 e. The number of hydrogen-bond acceptors (Lipinski definition) is 7. The third-order valence-electron chi connectivity index (χ3n) is 3.79. The van der Waals surface area contributed by atoms with E-state index in [-0.39, 0.29) is 0 Å². The topological polar surface area (TPSA) is 56.7 Å². The van der Waals surface area contributed by atoms with Crippen LogP contribution in [0.5, 0.6) is 0 Å². The molecule has 4 rings (SSSR count). The fourth-order valence-corrected chi connectivity index (χ4v) is 5.14. The van der Waals surface area contributed by atoms with Gasteiger partial charge in [0.1, 0.15) is 16.6 Å². The molecule has 0 radical (unpaired) electrons. The minimum atomic E-state index is 0.302. The fraction of sp³-hybridized carbons (Fsp3) is 0.278. The Hall–Kier alpha value is -1.90. The molecule has 0 saturated heterocycles. The van der Waals surface area contributed by atoms with Gasteiger partial charge in [-0.1, -0.05) is 31.7 Å². The van der Waals surface area contributed by atoms with Crippen LogP contribution in [0.1, 0.15) is 37.0 Å². The van der Waals surface area contributed by atoms with Crippen molar-refractivity contribution in [3.05, 3.63) is 58.6 Å². The van der Waals surface area contributed by atoms with Crippen LogP contribution in [0.2, 0.25) is 0 Å². The summed E-state index contributed by atoms with van der Waals surface area (Å²) in [5, 5.41) is 15.0. The second-order valence-electron chi connectivity index (χ2n) is 6.07. The molecule has 0 bridgehead atoms. The van der Waals surface area contributed by atoms with Gasteiger partial charge in [-0.3, -0.25) is 4.57 Å². The summed E-state index contributed by atoms with van der Waals surface area (Å²) in [5.74, 6) is 2.95. The highest BCUT2D eigenvalue weighted by Gasteiger charge is 2.17. The van der Waals surface area contributed by atoms with E-state index in [1.807, 2.05) is 12.1 Å². The predicted molar refractivity (Wildman–Crippen MR) is 107 cm³/mol. The first-order valence-electron chi connectivity index (χ1n) is 8.27. The molecule has 0 aliphatic heterocycles. The van der Waals surface area contributed by atoms with Crippen molar-refractivity contribution in [1.82, 2.24) is 19.7 Å². The van der Waals surface area contributed by atoms with E-state index in [0.717, 1.165) is 33.2 Å². The lowest BCUT2D eigenvalue weighted by atomic mass is 10.2. The highest BCUT2D eigenvalue weighted by Crippen LogP contribution is 2.31. The zero-order valence-electron chi connectivity index (χ0n) is 14.5. The van der Waals surface area contributed by atoms with Gasteiger partial charge in [0.25, 0.3) is 0 Å². The molecule has 0 aliphatic rings. The molecule has 0 saturated carbocycles. The first-order valence-corrected chi connectivity index (χ1v) is 11.0. The van der Waals surface area contributed by atoms with Crippen molar-refractivity contribution >= 4 is 34.4 Å². The van der Waals surface area contributed by atoms with Gasteiger partial charge >= 0.3 is 0 Å². The van der Waals surface area contributed by atoms with Crippen molar-refractivity contribution in [1.29, 1.82) is 0 Å². The summed E-state index contributed by atoms with van der Waals surface area (Å²) in [6.45, 7) is 4.91. The van der Waals surface area contributed by atoms with Crippen molar-refractivity contribution in [3.63, 3.8) is 0 Å². The summed E-state index contributed by atoms with van der Waals surface area (Å²) in [4.78, 5) is 5.96. The van der Waals surface area contributed by atoms with Crippen LogP contribution in [0.3, 0.4) is 0 Å². The van der Waals surface area contributed by atoms with Crippen molar-refractivity contribution in [2.45, 2.75) is 37.2 Å². The molecule has 0 aromatic carbocycles. The molecular formula is C18H18N4OS3. The van der Waals surface area contributed by atoms with Crippen molar-refractivity contribution in [2.75, 3.05) is 0 Å². The minimum absolute atomic E-state index is 0.302. The molecule has 4 aromatic heterocycles. The van der Waals surface area contributed by atoms with E-state index in [1.165, 1.54) is 4.88 Å². The lowest BCUT2D eigenvalue weighted by molar-refractivity contribution is 0.475. The normalized spacial score (nSPS) is 11.5. The maximum atomic E-state index is 5.51. The molecule has 4 heterocycles. The van der Waals surface area contributed by atoms with Crippen LogP contribution in [0, 0.1) is 0 Å². The van der Waals surface area contributed by atoms with Crippen LogP contribution >= 0.6 is 34.4 Å². The van der Waals surface area contributed by atoms with Crippen molar-refractivity contribution in [3.8, 4) is 9.88 Å². The number of rotatable bonds is 7. The summed E-state index contributed by atoms with van der Waals surface area (Å²) in [7, 11) is 0. The lowest BCUT2D eigenvalue weighted by Crippen LogP contribution is -2.07. The van der Waals surface area contributed by atoms with Gasteiger partial charge in [-0.15, -0.1) is 32.9 Å². The van der Waals surface area contributed by atoms with E-state index in [2.05, 4.69) is 51.5 Å². The second kappa shape index (κ2) is 7.77. The number of thioether (sulfide) groups is 1. The zero-order valence-corrected chi connectivity index (χ0v) is 16.9. The molecule has 134 valence electrons. The Morgan fingerprint density at radius 3 is 2.85 bits per heavy atom. The van der Waals surface area contributed by atoms with Gasteiger partial charge < -0.3 is 4.42 Å². The van der Waals surface area contributed by atoms with E-state index in [1.54, 1.807) is 40.7 Å². The van der Waals surface area contributed by atoms with Gasteiger partial charge in [0.2, 0.25) is 0 Å². The molecule has 8 heteroatoms. The van der Waals surface area contributed by atoms with Gasteiger partial charge in [0.05, 0.1) is 23.4 Å². The standard InChI is InChI=1S/C18H18N4OS3/c1-12(2)16-20-21-18(22(16)9-14-5-3-7-23-14)26-11-13-10-25-17(19-13)15-6-4-8-24-15/h3-8,10,12H,9,11H2,1-2H3. The number of nitrogens with zero attached hydrogens (tertiary/aromatic N) is 4. The largest absolute Gasteiger partial charge is 0.467 e. The maximum Gasteiger partial charge on any atom is 0.192 e.